The van der Waals surface area contributed by atoms with Gasteiger partial charge in [-0.25, -0.2) is 4.79 Å². The second kappa shape index (κ2) is 5.49. The molecule has 118 valence electrons. The number of nitrogens with zero attached hydrogens (tertiary/aromatic N) is 1. The molecule has 2 aromatic heterocycles. The Kier molecular flexibility index (Phi) is 3.31. The number of benzene rings is 2. The van der Waals surface area contributed by atoms with E-state index in [1.54, 1.807) is 6.20 Å². The predicted molar refractivity (Wildman–Crippen MR) is 95.0 cm³/mol. The second-order valence-electron chi connectivity index (χ2n) is 5.98. The topological polar surface area (TPSA) is 58.9 Å². The fourth-order valence-corrected chi connectivity index (χ4v) is 2.93. The van der Waals surface area contributed by atoms with E-state index in [0.29, 0.717) is 11.1 Å². The van der Waals surface area contributed by atoms with Crippen LogP contribution in [-0.2, 0) is 0 Å². The number of aryl methyl sites for hydroxylation is 2. The van der Waals surface area contributed by atoms with E-state index < -0.39 is 0 Å². The van der Waals surface area contributed by atoms with Gasteiger partial charge in [0.05, 0.1) is 11.8 Å². The number of aromatic amines is 1. The van der Waals surface area contributed by atoms with Gasteiger partial charge < -0.3 is 4.42 Å². The van der Waals surface area contributed by atoms with Gasteiger partial charge in [-0.2, -0.15) is 5.10 Å². The minimum Gasteiger partial charge on any atom is -0.422 e. The van der Waals surface area contributed by atoms with Crippen molar-refractivity contribution in [1.82, 2.24) is 10.2 Å². The fraction of sp³-hybridized carbons (Fsp3) is 0.100. The maximum absolute atomic E-state index is 12.4. The quantitative estimate of drug-likeness (QED) is 0.555. The number of fused-ring (bicyclic) bond motifs is 1. The van der Waals surface area contributed by atoms with E-state index in [1.165, 1.54) is 0 Å². The standard InChI is InChI=1S/C20H16N2O2/c1-12-4-3-5-14(8-12)17-9-16-7-6-15(10-19(16)24-20(17)23)18-11-21-22-13(18)2/h3-11H,1-2H3,(H,21,22). The van der Waals surface area contributed by atoms with Crippen molar-refractivity contribution in [3.8, 4) is 22.3 Å². The van der Waals surface area contributed by atoms with Crippen LogP contribution >= 0.6 is 0 Å². The van der Waals surface area contributed by atoms with Gasteiger partial charge in [0.1, 0.15) is 5.58 Å². The van der Waals surface area contributed by atoms with Crippen LogP contribution in [0.3, 0.4) is 0 Å². The first kappa shape index (κ1) is 14.5. The van der Waals surface area contributed by atoms with Crippen LogP contribution in [0.5, 0.6) is 0 Å². The van der Waals surface area contributed by atoms with Gasteiger partial charge in [-0.1, -0.05) is 42.0 Å². The number of H-pyrrole nitrogens is 1. The molecule has 4 aromatic rings. The SMILES string of the molecule is Cc1cccc(-c2cc3ccc(-c4cn[nH]c4C)cc3oc2=O)c1. The highest BCUT2D eigenvalue weighted by atomic mass is 16.4. The molecule has 4 heteroatoms. The van der Waals surface area contributed by atoms with E-state index in [0.717, 1.165) is 33.3 Å². The Labute approximate surface area is 138 Å². The smallest absolute Gasteiger partial charge is 0.344 e. The van der Waals surface area contributed by atoms with Crippen LogP contribution < -0.4 is 5.63 Å². The summed E-state index contributed by atoms with van der Waals surface area (Å²) in [4.78, 5) is 12.4. The van der Waals surface area contributed by atoms with Crippen molar-refractivity contribution in [2.45, 2.75) is 13.8 Å². The molecule has 0 aliphatic rings. The van der Waals surface area contributed by atoms with E-state index in [2.05, 4.69) is 10.2 Å². The Morgan fingerprint density at radius 3 is 2.54 bits per heavy atom. The summed E-state index contributed by atoms with van der Waals surface area (Å²) in [6.07, 6.45) is 1.77. The van der Waals surface area contributed by atoms with Crippen molar-refractivity contribution < 1.29 is 4.42 Å². The molecule has 0 radical (unpaired) electrons. The summed E-state index contributed by atoms with van der Waals surface area (Å²) < 4.78 is 5.58. The zero-order chi connectivity index (χ0) is 16.7. The molecule has 0 saturated carbocycles. The molecule has 0 amide bonds. The number of nitrogens with one attached hydrogen (secondary N) is 1. The zero-order valence-corrected chi connectivity index (χ0v) is 13.5. The van der Waals surface area contributed by atoms with Gasteiger partial charge in [-0.15, -0.1) is 0 Å². The molecule has 0 saturated heterocycles. The van der Waals surface area contributed by atoms with Crippen LogP contribution in [-0.4, -0.2) is 10.2 Å². The summed E-state index contributed by atoms with van der Waals surface area (Å²) in [5, 5.41) is 7.86. The predicted octanol–water partition coefficient (Wildman–Crippen LogP) is 4.47. The Morgan fingerprint density at radius 2 is 1.79 bits per heavy atom. The van der Waals surface area contributed by atoms with Gasteiger partial charge in [-0.3, -0.25) is 5.10 Å². The molecule has 4 rings (SSSR count). The lowest BCUT2D eigenvalue weighted by Crippen LogP contribution is -2.02. The first-order chi connectivity index (χ1) is 11.6. The molecular weight excluding hydrogens is 300 g/mol. The minimum absolute atomic E-state index is 0.325. The lowest BCUT2D eigenvalue weighted by molar-refractivity contribution is 0.563. The molecule has 0 unspecified atom stereocenters. The second-order valence-corrected chi connectivity index (χ2v) is 5.98. The van der Waals surface area contributed by atoms with Crippen LogP contribution in [0, 0.1) is 13.8 Å². The Bertz CT molecular complexity index is 1110. The van der Waals surface area contributed by atoms with Gasteiger partial charge >= 0.3 is 5.63 Å². The van der Waals surface area contributed by atoms with E-state index in [4.69, 9.17) is 4.42 Å². The average molecular weight is 316 g/mol. The monoisotopic (exact) mass is 316 g/mol. The van der Waals surface area contributed by atoms with Gasteiger partial charge in [-0.05, 0) is 37.1 Å². The molecule has 0 spiro atoms. The molecule has 0 aliphatic carbocycles. The van der Waals surface area contributed by atoms with Crippen LogP contribution in [0.2, 0.25) is 0 Å². The van der Waals surface area contributed by atoms with Gasteiger partial charge in [0, 0.05) is 16.6 Å². The van der Waals surface area contributed by atoms with E-state index in [9.17, 15) is 4.79 Å². The molecule has 2 aromatic carbocycles. The molecule has 0 aliphatic heterocycles. The van der Waals surface area contributed by atoms with Crippen molar-refractivity contribution in [3.05, 3.63) is 76.4 Å². The van der Waals surface area contributed by atoms with Crippen LogP contribution in [0.4, 0.5) is 0 Å². The number of rotatable bonds is 2. The van der Waals surface area contributed by atoms with Crippen LogP contribution in [0.15, 0.2) is 63.9 Å². The van der Waals surface area contributed by atoms with Crippen molar-refractivity contribution in [2.75, 3.05) is 0 Å². The summed E-state index contributed by atoms with van der Waals surface area (Å²) in [7, 11) is 0. The molecule has 2 heterocycles. The summed E-state index contributed by atoms with van der Waals surface area (Å²) in [5.41, 5.74) is 5.77. The van der Waals surface area contributed by atoms with Gasteiger partial charge in [0.25, 0.3) is 0 Å². The van der Waals surface area contributed by atoms with E-state index in [-0.39, 0.29) is 5.63 Å². The van der Waals surface area contributed by atoms with Gasteiger partial charge in [0.15, 0.2) is 0 Å². The molecule has 24 heavy (non-hydrogen) atoms. The van der Waals surface area contributed by atoms with Crippen molar-refractivity contribution >= 4 is 11.0 Å². The average Bonchev–Trinajstić information content (AvgIpc) is 3.00. The molecule has 4 nitrogen and oxygen atoms in total. The maximum atomic E-state index is 12.4. The highest BCUT2D eigenvalue weighted by Crippen LogP contribution is 2.27. The Morgan fingerprint density at radius 1 is 0.958 bits per heavy atom. The Hall–Kier alpha value is -3.14. The van der Waals surface area contributed by atoms with Crippen molar-refractivity contribution in [2.24, 2.45) is 0 Å². The van der Waals surface area contributed by atoms with Crippen LogP contribution in [0.1, 0.15) is 11.3 Å². The van der Waals surface area contributed by atoms with Gasteiger partial charge in [0.2, 0.25) is 0 Å². The number of hydrogen-bond acceptors (Lipinski definition) is 3. The van der Waals surface area contributed by atoms with E-state index >= 15 is 0 Å². The summed E-state index contributed by atoms with van der Waals surface area (Å²) >= 11 is 0. The first-order valence-corrected chi connectivity index (χ1v) is 7.77. The van der Waals surface area contributed by atoms with Crippen molar-refractivity contribution in [3.63, 3.8) is 0 Å². The molecule has 0 atom stereocenters. The third-order valence-corrected chi connectivity index (χ3v) is 4.21. The first-order valence-electron chi connectivity index (χ1n) is 7.77. The molecular formula is C20H16N2O2. The largest absolute Gasteiger partial charge is 0.422 e. The summed E-state index contributed by atoms with van der Waals surface area (Å²) in [5.74, 6) is 0. The lowest BCUT2D eigenvalue weighted by Gasteiger charge is -2.05. The summed E-state index contributed by atoms with van der Waals surface area (Å²) in [6.45, 7) is 3.97. The number of aromatic nitrogens is 2. The normalized spacial score (nSPS) is 11.1. The minimum atomic E-state index is -0.325. The molecule has 1 N–H and O–H groups in total. The summed E-state index contributed by atoms with van der Waals surface area (Å²) in [6, 6.07) is 15.6. The highest BCUT2D eigenvalue weighted by molar-refractivity contribution is 5.86. The Balaban J connectivity index is 1.88. The maximum Gasteiger partial charge on any atom is 0.344 e. The highest BCUT2D eigenvalue weighted by Gasteiger charge is 2.10. The molecule has 0 fully saturated rings. The van der Waals surface area contributed by atoms with E-state index in [1.807, 2.05) is 62.4 Å². The van der Waals surface area contributed by atoms with Crippen molar-refractivity contribution in [1.29, 1.82) is 0 Å². The molecule has 0 bridgehead atoms. The number of hydrogen-bond donors (Lipinski definition) is 1. The van der Waals surface area contributed by atoms with Crippen LogP contribution in [0.25, 0.3) is 33.2 Å². The lowest BCUT2D eigenvalue weighted by atomic mass is 10.0. The fourth-order valence-electron chi connectivity index (χ4n) is 2.93. The third-order valence-electron chi connectivity index (χ3n) is 4.21. The third kappa shape index (κ3) is 2.42. The zero-order valence-electron chi connectivity index (χ0n) is 13.5.